The summed E-state index contributed by atoms with van der Waals surface area (Å²) in [5.41, 5.74) is 13.7. The minimum absolute atomic E-state index is 0.436. The quantitative estimate of drug-likeness (QED) is 0.412. The van der Waals surface area contributed by atoms with Crippen molar-refractivity contribution in [1.29, 1.82) is 0 Å². The number of hydrogen-bond acceptors (Lipinski definition) is 4. The first-order valence-corrected chi connectivity index (χ1v) is 6.38. The molecule has 3 aromatic carbocycles. The lowest BCUT2D eigenvalue weighted by atomic mass is 9.96. The monoisotopic (exact) mass is 262 g/mol. The van der Waals surface area contributed by atoms with Crippen molar-refractivity contribution in [2.75, 3.05) is 11.5 Å². The number of hydrogen-bond donors (Lipinski definition) is 2. The van der Waals surface area contributed by atoms with Gasteiger partial charge < -0.3 is 20.3 Å². The molecule has 0 saturated heterocycles. The average Bonchev–Trinajstić information content (AvgIpc) is 2.95. The zero-order valence-electron chi connectivity index (χ0n) is 10.4. The van der Waals surface area contributed by atoms with E-state index >= 15 is 0 Å². The SMILES string of the molecule is Nc1oc2cccc3c4c(N)oc5cccc(c1c23)c54. The van der Waals surface area contributed by atoms with Gasteiger partial charge in [0.15, 0.2) is 11.8 Å². The van der Waals surface area contributed by atoms with Crippen molar-refractivity contribution >= 4 is 55.3 Å². The molecule has 4 nitrogen and oxygen atoms in total. The van der Waals surface area contributed by atoms with E-state index in [0.717, 1.165) is 43.5 Å². The van der Waals surface area contributed by atoms with Gasteiger partial charge in [-0.2, -0.15) is 0 Å². The molecule has 5 rings (SSSR count). The van der Waals surface area contributed by atoms with Crippen LogP contribution < -0.4 is 11.5 Å². The normalized spacial score (nSPS) is 12.4. The smallest absolute Gasteiger partial charge is 0.199 e. The van der Waals surface area contributed by atoms with Gasteiger partial charge in [0, 0.05) is 10.8 Å². The van der Waals surface area contributed by atoms with Gasteiger partial charge in [0.1, 0.15) is 11.2 Å². The van der Waals surface area contributed by atoms with E-state index in [1.54, 1.807) is 0 Å². The molecule has 4 N–H and O–H groups in total. The number of furan rings is 2. The van der Waals surface area contributed by atoms with Crippen LogP contribution in [0.5, 0.6) is 0 Å². The standard InChI is InChI=1S/C16H10N2O2/c17-15-13-7-3-1-5-9-11(7)14(16(18)19-9)8-4-2-6-10(20-15)12(8)13/h1-6H,17-18H2. The topological polar surface area (TPSA) is 78.3 Å². The lowest BCUT2D eigenvalue weighted by Gasteiger charge is -2.03. The van der Waals surface area contributed by atoms with Crippen LogP contribution in [0, 0.1) is 0 Å². The molecule has 0 aliphatic rings. The third kappa shape index (κ3) is 0.924. The summed E-state index contributed by atoms with van der Waals surface area (Å²) in [7, 11) is 0. The molecule has 0 saturated carbocycles. The van der Waals surface area contributed by atoms with Gasteiger partial charge in [-0.05, 0) is 22.9 Å². The predicted molar refractivity (Wildman–Crippen MR) is 81.0 cm³/mol. The summed E-state index contributed by atoms with van der Waals surface area (Å²) in [6, 6.07) is 11.8. The fraction of sp³-hybridized carbons (Fsp3) is 0. The van der Waals surface area contributed by atoms with E-state index in [4.69, 9.17) is 20.3 Å². The van der Waals surface area contributed by atoms with E-state index in [9.17, 15) is 0 Å². The van der Waals surface area contributed by atoms with Crippen LogP contribution in [0.1, 0.15) is 0 Å². The molecule has 96 valence electrons. The van der Waals surface area contributed by atoms with Gasteiger partial charge in [-0.15, -0.1) is 0 Å². The Hall–Kier alpha value is -2.88. The molecule has 2 aromatic heterocycles. The molecule has 0 aliphatic carbocycles. The van der Waals surface area contributed by atoms with E-state index in [-0.39, 0.29) is 0 Å². The zero-order chi connectivity index (χ0) is 13.4. The third-order valence-electron chi connectivity index (χ3n) is 4.02. The molecule has 0 amide bonds. The van der Waals surface area contributed by atoms with Crippen LogP contribution in [0.15, 0.2) is 45.2 Å². The maximum Gasteiger partial charge on any atom is 0.199 e. The maximum atomic E-state index is 6.08. The molecule has 2 heterocycles. The highest BCUT2D eigenvalue weighted by molar-refractivity contribution is 6.35. The van der Waals surface area contributed by atoms with E-state index < -0.39 is 0 Å². The molecule has 0 radical (unpaired) electrons. The van der Waals surface area contributed by atoms with Gasteiger partial charge in [-0.3, -0.25) is 0 Å². The van der Waals surface area contributed by atoms with Crippen LogP contribution in [0.25, 0.3) is 43.5 Å². The van der Waals surface area contributed by atoms with Crippen molar-refractivity contribution in [2.24, 2.45) is 0 Å². The Labute approximate surface area is 112 Å². The number of nitrogens with two attached hydrogens (primary N) is 2. The number of benzene rings is 3. The molecular formula is C16H10N2O2. The summed E-state index contributed by atoms with van der Waals surface area (Å²) in [5, 5.41) is 5.95. The highest BCUT2D eigenvalue weighted by atomic mass is 16.4. The van der Waals surface area contributed by atoms with E-state index in [2.05, 4.69) is 0 Å². The average molecular weight is 262 g/mol. The molecule has 0 spiro atoms. The van der Waals surface area contributed by atoms with Crippen LogP contribution in [0.4, 0.5) is 11.8 Å². The van der Waals surface area contributed by atoms with Crippen molar-refractivity contribution in [3.8, 4) is 0 Å². The largest absolute Gasteiger partial charge is 0.440 e. The summed E-state index contributed by atoms with van der Waals surface area (Å²) < 4.78 is 11.4. The van der Waals surface area contributed by atoms with Crippen molar-refractivity contribution in [3.63, 3.8) is 0 Å². The minimum Gasteiger partial charge on any atom is -0.440 e. The molecule has 0 bridgehead atoms. The Morgan fingerprint density at radius 2 is 1.05 bits per heavy atom. The van der Waals surface area contributed by atoms with Crippen molar-refractivity contribution in [1.82, 2.24) is 0 Å². The first kappa shape index (κ1) is 9.97. The maximum absolute atomic E-state index is 6.08. The summed E-state index contributed by atoms with van der Waals surface area (Å²) in [6.07, 6.45) is 0. The van der Waals surface area contributed by atoms with E-state index in [1.165, 1.54) is 0 Å². The molecule has 0 fully saturated rings. The number of rotatable bonds is 0. The fourth-order valence-corrected chi connectivity index (χ4v) is 3.28. The van der Waals surface area contributed by atoms with Crippen LogP contribution in [0.3, 0.4) is 0 Å². The van der Waals surface area contributed by atoms with Gasteiger partial charge in [-0.1, -0.05) is 24.3 Å². The zero-order valence-corrected chi connectivity index (χ0v) is 10.4. The van der Waals surface area contributed by atoms with Gasteiger partial charge in [0.05, 0.1) is 10.8 Å². The molecule has 0 unspecified atom stereocenters. The first-order valence-electron chi connectivity index (χ1n) is 6.38. The summed E-state index contributed by atoms with van der Waals surface area (Å²) in [6.45, 7) is 0. The van der Waals surface area contributed by atoms with E-state index in [1.807, 2.05) is 36.4 Å². The molecule has 20 heavy (non-hydrogen) atoms. The molecule has 4 heteroatoms. The predicted octanol–water partition coefficient (Wildman–Crippen LogP) is 4.09. The minimum atomic E-state index is 0.436. The Morgan fingerprint density at radius 1 is 0.600 bits per heavy atom. The highest BCUT2D eigenvalue weighted by Crippen LogP contribution is 2.46. The summed E-state index contributed by atoms with van der Waals surface area (Å²) in [5.74, 6) is 0.871. The summed E-state index contributed by atoms with van der Waals surface area (Å²) in [4.78, 5) is 0. The number of nitrogen functional groups attached to an aromatic ring is 2. The Kier molecular flexibility index (Phi) is 1.49. The first-order chi connectivity index (χ1) is 9.75. The second kappa shape index (κ2) is 2.99. The van der Waals surface area contributed by atoms with Crippen molar-refractivity contribution in [2.45, 2.75) is 0 Å². The van der Waals surface area contributed by atoms with Crippen molar-refractivity contribution < 1.29 is 8.83 Å². The third-order valence-corrected chi connectivity index (χ3v) is 4.02. The number of fused-ring (bicyclic) bond motifs is 2. The number of anilines is 2. The van der Waals surface area contributed by atoms with Crippen LogP contribution in [-0.4, -0.2) is 0 Å². The van der Waals surface area contributed by atoms with Gasteiger partial charge in [0.25, 0.3) is 0 Å². The van der Waals surface area contributed by atoms with E-state index in [0.29, 0.717) is 11.8 Å². The van der Waals surface area contributed by atoms with Gasteiger partial charge in [0.2, 0.25) is 0 Å². The molecule has 0 atom stereocenters. The molecule has 0 aliphatic heterocycles. The molecular weight excluding hydrogens is 252 g/mol. The van der Waals surface area contributed by atoms with Crippen LogP contribution >= 0.6 is 0 Å². The Morgan fingerprint density at radius 3 is 1.50 bits per heavy atom. The fourth-order valence-electron chi connectivity index (χ4n) is 3.28. The highest BCUT2D eigenvalue weighted by Gasteiger charge is 2.21. The second-order valence-electron chi connectivity index (χ2n) is 5.04. The van der Waals surface area contributed by atoms with Crippen LogP contribution in [0.2, 0.25) is 0 Å². The lowest BCUT2D eigenvalue weighted by Crippen LogP contribution is -1.85. The summed E-state index contributed by atoms with van der Waals surface area (Å²) >= 11 is 0. The second-order valence-corrected chi connectivity index (χ2v) is 5.04. The van der Waals surface area contributed by atoms with Crippen molar-refractivity contribution in [3.05, 3.63) is 36.4 Å². The van der Waals surface area contributed by atoms with Gasteiger partial charge >= 0.3 is 0 Å². The lowest BCUT2D eigenvalue weighted by molar-refractivity contribution is 0.640. The Bertz CT molecular complexity index is 1030. The Balaban J connectivity index is 2.35. The van der Waals surface area contributed by atoms with Crippen LogP contribution in [-0.2, 0) is 0 Å². The van der Waals surface area contributed by atoms with Gasteiger partial charge in [-0.25, -0.2) is 0 Å². The molecule has 5 aromatic rings.